The second kappa shape index (κ2) is 6.05. The van der Waals surface area contributed by atoms with Crippen LogP contribution in [0.5, 0.6) is 0 Å². The van der Waals surface area contributed by atoms with E-state index in [0.717, 1.165) is 18.7 Å². The molecule has 1 aliphatic heterocycles. The van der Waals surface area contributed by atoms with E-state index in [1.165, 1.54) is 12.3 Å². The Morgan fingerprint density at radius 3 is 3.18 bits per heavy atom. The van der Waals surface area contributed by atoms with Crippen molar-refractivity contribution in [2.75, 3.05) is 19.7 Å². The van der Waals surface area contributed by atoms with Gasteiger partial charge in [0.2, 0.25) is 0 Å². The van der Waals surface area contributed by atoms with Crippen molar-refractivity contribution in [3.63, 3.8) is 0 Å². The number of hydrogen-bond donors (Lipinski definition) is 1. The molecule has 5 heteroatoms. The normalized spacial score (nSPS) is 24.8. The third-order valence-electron chi connectivity index (χ3n) is 2.56. The number of aromatic nitrogens is 1. The van der Waals surface area contributed by atoms with Crippen molar-refractivity contribution in [3.8, 4) is 0 Å². The molecule has 94 valence electrons. The average molecular weight is 240 g/mol. The monoisotopic (exact) mass is 240 g/mol. The van der Waals surface area contributed by atoms with Crippen LogP contribution >= 0.6 is 0 Å². The van der Waals surface area contributed by atoms with Crippen LogP contribution in [0.4, 0.5) is 4.39 Å². The first-order chi connectivity index (χ1) is 8.24. The molecule has 1 aromatic heterocycles. The largest absolute Gasteiger partial charge is 0.374 e. The molecule has 2 atom stereocenters. The molecule has 0 aromatic carbocycles. The van der Waals surface area contributed by atoms with Gasteiger partial charge in [-0.2, -0.15) is 0 Å². The molecular formula is C12H17FN2O2. The Balaban J connectivity index is 1.72. The van der Waals surface area contributed by atoms with Gasteiger partial charge in [-0.05, 0) is 18.6 Å². The predicted molar refractivity (Wildman–Crippen MR) is 61.1 cm³/mol. The van der Waals surface area contributed by atoms with Gasteiger partial charge >= 0.3 is 0 Å². The van der Waals surface area contributed by atoms with Crippen LogP contribution < -0.4 is 5.32 Å². The zero-order valence-electron chi connectivity index (χ0n) is 9.86. The summed E-state index contributed by atoms with van der Waals surface area (Å²) in [6, 6.07) is 1.43. The molecule has 1 aromatic rings. The lowest BCUT2D eigenvalue weighted by molar-refractivity contribution is -0.0716. The first-order valence-electron chi connectivity index (χ1n) is 5.77. The molecule has 1 N–H and O–H groups in total. The van der Waals surface area contributed by atoms with E-state index < -0.39 is 0 Å². The summed E-state index contributed by atoms with van der Waals surface area (Å²) in [6.45, 7) is 4.57. The lowest BCUT2D eigenvalue weighted by Gasteiger charge is -2.28. The molecule has 0 amide bonds. The summed E-state index contributed by atoms with van der Waals surface area (Å²) in [7, 11) is 0. The van der Waals surface area contributed by atoms with Gasteiger partial charge in [-0.1, -0.05) is 0 Å². The maximum atomic E-state index is 12.8. The highest BCUT2D eigenvalue weighted by molar-refractivity contribution is 5.08. The zero-order valence-corrected chi connectivity index (χ0v) is 9.86. The summed E-state index contributed by atoms with van der Waals surface area (Å²) in [5.74, 6) is -0.338. The van der Waals surface area contributed by atoms with Crippen LogP contribution in [0.15, 0.2) is 18.5 Å². The molecule has 4 nitrogen and oxygen atoms in total. The summed E-state index contributed by atoms with van der Waals surface area (Å²) < 4.78 is 24.0. The van der Waals surface area contributed by atoms with Crippen molar-refractivity contribution in [2.24, 2.45) is 0 Å². The van der Waals surface area contributed by atoms with Gasteiger partial charge < -0.3 is 14.8 Å². The maximum Gasteiger partial charge on any atom is 0.141 e. The van der Waals surface area contributed by atoms with Gasteiger partial charge in [0, 0.05) is 19.3 Å². The molecule has 2 unspecified atom stereocenters. The van der Waals surface area contributed by atoms with Gasteiger partial charge in [-0.3, -0.25) is 4.98 Å². The summed E-state index contributed by atoms with van der Waals surface area (Å²) in [4.78, 5) is 3.76. The van der Waals surface area contributed by atoms with Crippen molar-refractivity contribution < 1.29 is 13.9 Å². The SMILES string of the molecule is CC1CNCC(COCc2cncc(F)c2)O1. The van der Waals surface area contributed by atoms with Crippen LogP contribution in [0.25, 0.3) is 0 Å². The van der Waals surface area contributed by atoms with Gasteiger partial charge in [0.25, 0.3) is 0 Å². The third-order valence-corrected chi connectivity index (χ3v) is 2.56. The Hall–Kier alpha value is -1.04. The summed E-state index contributed by atoms with van der Waals surface area (Å²) in [5.41, 5.74) is 0.738. The molecule has 0 spiro atoms. The average Bonchev–Trinajstić information content (AvgIpc) is 2.29. The van der Waals surface area contributed by atoms with Crippen LogP contribution in [0, 0.1) is 5.82 Å². The topological polar surface area (TPSA) is 43.4 Å². The lowest BCUT2D eigenvalue weighted by atomic mass is 10.2. The Bertz CT molecular complexity index is 362. The van der Waals surface area contributed by atoms with Gasteiger partial charge in [0.15, 0.2) is 0 Å². The van der Waals surface area contributed by atoms with Crippen molar-refractivity contribution in [1.29, 1.82) is 0 Å². The highest BCUT2D eigenvalue weighted by atomic mass is 19.1. The number of nitrogens with one attached hydrogen (secondary N) is 1. The molecule has 1 saturated heterocycles. The van der Waals surface area contributed by atoms with Crippen LogP contribution in [0.2, 0.25) is 0 Å². The van der Waals surface area contributed by atoms with Crippen LogP contribution in [0.3, 0.4) is 0 Å². The number of pyridine rings is 1. The van der Waals surface area contributed by atoms with Gasteiger partial charge in [0.05, 0.1) is 31.6 Å². The van der Waals surface area contributed by atoms with E-state index in [4.69, 9.17) is 9.47 Å². The molecule has 0 aliphatic carbocycles. The molecule has 2 heterocycles. The second-order valence-corrected chi connectivity index (χ2v) is 4.25. The maximum absolute atomic E-state index is 12.8. The van der Waals surface area contributed by atoms with Gasteiger partial charge in [-0.15, -0.1) is 0 Å². The zero-order chi connectivity index (χ0) is 12.1. The van der Waals surface area contributed by atoms with Crippen LogP contribution in [0.1, 0.15) is 12.5 Å². The molecule has 0 bridgehead atoms. The second-order valence-electron chi connectivity index (χ2n) is 4.25. The van der Waals surface area contributed by atoms with Crippen molar-refractivity contribution in [1.82, 2.24) is 10.3 Å². The fourth-order valence-electron chi connectivity index (χ4n) is 1.81. The number of rotatable bonds is 4. The van der Waals surface area contributed by atoms with E-state index in [2.05, 4.69) is 10.3 Å². The van der Waals surface area contributed by atoms with E-state index in [1.54, 1.807) is 6.20 Å². The standard InChI is InChI=1S/C12H17FN2O2/c1-9-3-14-6-12(17-9)8-16-7-10-2-11(13)5-15-4-10/h2,4-5,9,12,14H,3,6-8H2,1H3. The quantitative estimate of drug-likeness (QED) is 0.856. The number of halogens is 1. The number of nitrogens with zero attached hydrogens (tertiary/aromatic N) is 1. The van der Waals surface area contributed by atoms with E-state index in [1.807, 2.05) is 6.92 Å². The molecule has 0 radical (unpaired) electrons. The molecule has 1 aliphatic rings. The first-order valence-corrected chi connectivity index (χ1v) is 5.77. The van der Waals surface area contributed by atoms with Crippen LogP contribution in [-0.4, -0.2) is 36.9 Å². The minimum Gasteiger partial charge on any atom is -0.374 e. The van der Waals surface area contributed by atoms with E-state index >= 15 is 0 Å². The van der Waals surface area contributed by atoms with Gasteiger partial charge in [-0.25, -0.2) is 4.39 Å². The van der Waals surface area contributed by atoms with Crippen molar-refractivity contribution >= 4 is 0 Å². The van der Waals surface area contributed by atoms with Gasteiger partial charge in [0.1, 0.15) is 5.82 Å². The fourth-order valence-corrected chi connectivity index (χ4v) is 1.81. The van der Waals surface area contributed by atoms with E-state index in [0.29, 0.717) is 13.2 Å². The molecule has 1 fully saturated rings. The minimum absolute atomic E-state index is 0.0697. The minimum atomic E-state index is -0.338. The number of hydrogen-bond acceptors (Lipinski definition) is 4. The first kappa shape index (κ1) is 12.4. The van der Waals surface area contributed by atoms with E-state index in [-0.39, 0.29) is 18.0 Å². The number of morpholine rings is 1. The summed E-state index contributed by atoms with van der Waals surface area (Å²) in [6.07, 6.45) is 3.07. The number of ether oxygens (including phenoxy) is 2. The summed E-state index contributed by atoms with van der Waals surface area (Å²) >= 11 is 0. The molecular weight excluding hydrogens is 223 g/mol. The van der Waals surface area contributed by atoms with Crippen molar-refractivity contribution in [3.05, 3.63) is 29.8 Å². The summed E-state index contributed by atoms with van der Waals surface area (Å²) in [5, 5.41) is 3.27. The Morgan fingerprint density at radius 1 is 1.53 bits per heavy atom. The lowest BCUT2D eigenvalue weighted by Crippen LogP contribution is -2.45. The van der Waals surface area contributed by atoms with Crippen molar-refractivity contribution in [2.45, 2.75) is 25.7 Å². The van der Waals surface area contributed by atoms with E-state index in [9.17, 15) is 4.39 Å². The molecule has 0 saturated carbocycles. The third kappa shape index (κ3) is 4.03. The Morgan fingerprint density at radius 2 is 2.41 bits per heavy atom. The molecule has 17 heavy (non-hydrogen) atoms. The smallest absolute Gasteiger partial charge is 0.141 e. The highest BCUT2D eigenvalue weighted by Gasteiger charge is 2.18. The Kier molecular flexibility index (Phi) is 4.42. The fraction of sp³-hybridized carbons (Fsp3) is 0.583. The Labute approximate surface area is 100 Å². The molecule has 2 rings (SSSR count). The highest BCUT2D eigenvalue weighted by Crippen LogP contribution is 2.06. The predicted octanol–water partition coefficient (Wildman–Crippen LogP) is 1.11. The van der Waals surface area contributed by atoms with Crippen LogP contribution in [-0.2, 0) is 16.1 Å².